The Morgan fingerprint density at radius 3 is 2.74 bits per heavy atom. The number of nitrogen functional groups attached to an aromatic ring is 1. The minimum atomic E-state index is -3.75. The number of hydrogen-bond acceptors (Lipinski definition) is 5. The van der Waals surface area contributed by atoms with Gasteiger partial charge in [-0.05, 0) is 44.6 Å². The molecule has 19 heavy (non-hydrogen) atoms. The third-order valence-electron chi connectivity index (χ3n) is 3.31. The van der Waals surface area contributed by atoms with Gasteiger partial charge in [-0.3, -0.25) is 0 Å². The van der Waals surface area contributed by atoms with E-state index in [1.807, 2.05) is 0 Å². The fraction of sp³-hybridized carbons (Fsp3) is 0.500. The maximum atomic E-state index is 11.3. The minimum Gasteiger partial charge on any atom is -0.398 e. The first-order valence-electron chi connectivity index (χ1n) is 6.23. The lowest BCUT2D eigenvalue weighted by Gasteiger charge is -2.31. The van der Waals surface area contributed by atoms with Crippen LogP contribution in [0.25, 0.3) is 0 Å². The molecule has 1 heterocycles. The number of nitrogens with one attached hydrogen (secondary N) is 1. The van der Waals surface area contributed by atoms with Crippen LogP contribution in [-0.2, 0) is 10.0 Å². The highest BCUT2D eigenvalue weighted by atomic mass is 32.2. The lowest BCUT2D eigenvalue weighted by molar-refractivity contribution is 0.261. The lowest BCUT2D eigenvalue weighted by atomic mass is 10.1. The van der Waals surface area contributed by atoms with Crippen LogP contribution in [-0.4, -0.2) is 39.5 Å². The number of anilines is 2. The van der Waals surface area contributed by atoms with Gasteiger partial charge in [0.1, 0.15) is 4.90 Å². The molecule has 0 saturated carbocycles. The molecule has 0 amide bonds. The van der Waals surface area contributed by atoms with Gasteiger partial charge in [0.15, 0.2) is 0 Å². The number of likely N-dealkylation sites (tertiary alicyclic amines) is 1. The van der Waals surface area contributed by atoms with Crippen molar-refractivity contribution >= 4 is 21.4 Å². The Labute approximate surface area is 113 Å². The number of nitrogens with two attached hydrogens (primary N) is 2. The van der Waals surface area contributed by atoms with E-state index in [1.165, 1.54) is 6.07 Å². The highest BCUT2D eigenvalue weighted by Crippen LogP contribution is 2.23. The average Bonchev–Trinajstić information content (AvgIpc) is 2.27. The van der Waals surface area contributed by atoms with Crippen molar-refractivity contribution in [1.82, 2.24) is 4.90 Å². The maximum Gasteiger partial charge on any atom is 0.240 e. The molecule has 2 rings (SSSR count). The van der Waals surface area contributed by atoms with Crippen LogP contribution in [0.5, 0.6) is 0 Å². The summed E-state index contributed by atoms with van der Waals surface area (Å²) in [4.78, 5) is 2.24. The van der Waals surface area contributed by atoms with Crippen LogP contribution in [0.4, 0.5) is 11.4 Å². The predicted octanol–water partition coefficient (Wildman–Crippen LogP) is 0.422. The van der Waals surface area contributed by atoms with Crippen LogP contribution in [0, 0.1) is 0 Å². The van der Waals surface area contributed by atoms with Crippen molar-refractivity contribution in [3.8, 4) is 0 Å². The molecule has 6 nitrogen and oxygen atoms in total. The molecule has 7 heteroatoms. The zero-order valence-corrected chi connectivity index (χ0v) is 11.8. The third-order valence-corrected chi connectivity index (χ3v) is 4.30. The molecule has 1 fully saturated rings. The first kappa shape index (κ1) is 14.1. The number of benzene rings is 1. The summed E-state index contributed by atoms with van der Waals surface area (Å²) in [5.74, 6) is 0. The van der Waals surface area contributed by atoms with Crippen LogP contribution in [0.1, 0.15) is 12.8 Å². The van der Waals surface area contributed by atoms with Gasteiger partial charge in [-0.15, -0.1) is 0 Å². The van der Waals surface area contributed by atoms with Gasteiger partial charge in [-0.25, -0.2) is 13.6 Å². The summed E-state index contributed by atoms with van der Waals surface area (Å²) in [7, 11) is -1.66. The van der Waals surface area contributed by atoms with Gasteiger partial charge < -0.3 is 16.0 Å². The molecule has 0 aromatic heterocycles. The second-order valence-corrected chi connectivity index (χ2v) is 6.57. The van der Waals surface area contributed by atoms with Gasteiger partial charge in [-0.1, -0.05) is 0 Å². The van der Waals surface area contributed by atoms with E-state index in [4.69, 9.17) is 10.9 Å². The van der Waals surface area contributed by atoms with E-state index in [0.29, 0.717) is 6.04 Å². The highest BCUT2D eigenvalue weighted by Gasteiger charge is 2.18. The maximum absolute atomic E-state index is 11.3. The summed E-state index contributed by atoms with van der Waals surface area (Å²) in [6.45, 7) is 2.08. The number of hydrogen-bond donors (Lipinski definition) is 3. The van der Waals surface area contributed by atoms with Crippen molar-refractivity contribution in [2.45, 2.75) is 23.8 Å². The smallest absolute Gasteiger partial charge is 0.240 e. The average molecular weight is 284 g/mol. The van der Waals surface area contributed by atoms with Crippen molar-refractivity contribution in [2.24, 2.45) is 5.14 Å². The summed E-state index contributed by atoms with van der Waals surface area (Å²) in [6, 6.07) is 5.12. The molecule has 0 spiro atoms. The molecular weight excluding hydrogens is 264 g/mol. The first-order chi connectivity index (χ1) is 8.86. The van der Waals surface area contributed by atoms with E-state index >= 15 is 0 Å². The second kappa shape index (κ2) is 5.36. The predicted molar refractivity (Wildman–Crippen MR) is 76.4 cm³/mol. The number of sulfonamides is 1. The van der Waals surface area contributed by atoms with E-state index in [9.17, 15) is 8.42 Å². The summed E-state index contributed by atoms with van der Waals surface area (Å²) in [5.41, 5.74) is 6.73. The summed E-state index contributed by atoms with van der Waals surface area (Å²) in [5, 5.41) is 8.45. The van der Waals surface area contributed by atoms with Crippen molar-refractivity contribution < 1.29 is 8.42 Å². The molecule has 1 aliphatic rings. The quantitative estimate of drug-likeness (QED) is 0.698. The Morgan fingerprint density at radius 2 is 2.16 bits per heavy atom. The molecule has 106 valence electrons. The fourth-order valence-corrected chi connectivity index (χ4v) is 3.06. The molecule has 1 aliphatic heterocycles. The van der Waals surface area contributed by atoms with Crippen LogP contribution < -0.4 is 16.2 Å². The highest BCUT2D eigenvalue weighted by molar-refractivity contribution is 7.89. The molecule has 1 saturated heterocycles. The largest absolute Gasteiger partial charge is 0.398 e. The SMILES string of the molecule is CN1CCCC(Nc2ccc(S(N)(=O)=O)c(N)c2)C1. The molecule has 1 aromatic rings. The Bertz CT molecular complexity index is 559. The number of nitrogens with zero attached hydrogens (tertiary/aromatic N) is 1. The molecule has 5 N–H and O–H groups in total. The first-order valence-corrected chi connectivity index (χ1v) is 7.78. The Balaban J connectivity index is 2.12. The second-order valence-electron chi connectivity index (χ2n) is 5.04. The van der Waals surface area contributed by atoms with Crippen LogP contribution in [0.3, 0.4) is 0 Å². The number of likely N-dealkylation sites (N-methyl/N-ethyl adjacent to an activating group) is 1. The lowest BCUT2D eigenvalue weighted by Crippen LogP contribution is -2.39. The van der Waals surface area contributed by atoms with E-state index in [0.717, 1.165) is 31.6 Å². The van der Waals surface area contributed by atoms with Crippen molar-refractivity contribution in [2.75, 3.05) is 31.2 Å². The standard InChI is InChI=1S/C12H20N4O2S/c1-16-6-2-3-10(8-16)15-9-4-5-12(11(13)7-9)19(14,17)18/h4-5,7,10,15H,2-3,6,8,13H2,1H3,(H2,14,17,18). The van der Waals surface area contributed by atoms with E-state index < -0.39 is 10.0 Å². The minimum absolute atomic E-state index is 0.0289. The molecule has 1 unspecified atom stereocenters. The Morgan fingerprint density at radius 1 is 1.42 bits per heavy atom. The molecular formula is C12H20N4O2S. The van der Waals surface area contributed by atoms with Crippen molar-refractivity contribution in [3.63, 3.8) is 0 Å². The zero-order valence-electron chi connectivity index (χ0n) is 11.0. The number of primary sulfonamides is 1. The topological polar surface area (TPSA) is 101 Å². The van der Waals surface area contributed by atoms with Gasteiger partial charge in [0, 0.05) is 18.3 Å². The fourth-order valence-electron chi connectivity index (χ4n) is 2.42. The van der Waals surface area contributed by atoms with Gasteiger partial charge in [-0.2, -0.15) is 0 Å². The summed E-state index contributed by atoms with van der Waals surface area (Å²) < 4.78 is 22.5. The number of rotatable bonds is 3. The van der Waals surface area contributed by atoms with E-state index in [2.05, 4.69) is 17.3 Å². The van der Waals surface area contributed by atoms with Gasteiger partial charge >= 0.3 is 0 Å². The van der Waals surface area contributed by atoms with Gasteiger partial charge in [0.05, 0.1) is 5.69 Å². The van der Waals surface area contributed by atoms with Crippen LogP contribution in [0.2, 0.25) is 0 Å². The zero-order chi connectivity index (χ0) is 14.0. The van der Waals surface area contributed by atoms with Crippen LogP contribution in [0.15, 0.2) is 23.1 Å². The molecule has 1 atom stereocenters. The molecule has 0 radical (unpaired) electrons. The molecule has 0 bridgehead atoms. The summed E-state index contributed by atoms with van der Waals surface area (Å²) >= 11 is 0. The summed E-state index contributed by atoms with van der Waals surface area (Å²) in [6.07, 6.45) is 2.25. The van der Waals surface area contributed by atoms with Gasteiger partial charge in [0.2, 0.25) is 10.0 Å². The third kappa shape index (κ3) is 3.59. The van der Waals surface area contributed by atoms with Crippen molar-refractivity contribution in [1.29, 1.82) is 0 Å². The van der Waals surface area contributed by atoms with E-state index in [1.54, 1.807) is 12.1 Å². The molecule has 1 aromatic carbocycles. The van der Waals surface area contributed by atoms with E-state index in [-0.39, 0.29) is 10.6 Å². The number of piperidine rings is 1. The van der Waals surface area contributed by atoms with Crippen molar-refractivity contribution in [3.05, 3.63) is 18.2 Å². The monoisotopic (exact) mass is 284 g/mol. The Kier molecular flexibility index (Phi) is 3.98. The Hall–Kier alpha value is -1.31. The normalized spacial score (nSPS) is 21.3. The van der Waals surface area contributed by atoms with Gasteiger partial charge in [0.25, 0.3) is 0 Å². The molecule has 0 aliphatic carbocycles. The van der Waals surface area contributed by atoms with Crippen LogP contribution >= 0.6 is 0 Å².